The molecular weight excluding hydrogens is 246 g/mol. The predicted octanol–water partition coefficient (Wildman–Crippen LogP) is 3.74. The maximum Gasteiger partial charge on any atom is 0.0400 e. The minimum Gasteiger partial charge on any atom is -0.306 e. The van der Waals surface area contributed by atoms with Crippen LogP contribution in [0.1, 0.15) is 24.8 Å². The molecule has 1 aromatic rings. The monoisotopic (exact) mass is 259 g/mol. The average molecular weight is 260 g/mol. The molecule has 1 aromatic heterocycles. The van der Waals surface area contributed by atoms with Crippen LogP contribution in [0.4, 0.5) is 0 Å². The molecule has 1 atom stereocenters. The molecule has 0 fully saturated rings. The van der Waals surface area contributed by atoms with Crippen LogP contribution in [0.25, 0.3) is 0 Å². The first-order chi connectivity index (χ1) is 6.11. The van der Waals surface area contributed by atoms with Crippen LogP contribution in [0.15, 0.2) is 28.1 Å². The molecule has 0 aliphatic carbocycles. The van der Waals surface area contributed by atoms with Crippen molar-refractivity contribution < 1.29 is 0 Å². The molecule has 0 saturated carbocycles. The summed E-state index contributed by atoms with van der Waals surface area (Å²) in [4.78, 5) is 1.35. The van der Waals surface area contributed by atoms with Crippen LogP contribution >= 0.6 is 27.3 Å². The van der Waals surface area contributed by atoms with Gasteiger partial charge in [-0.15, -0.1) is 11.3 Å². The molecule has 0 spiro atoms. The molecule has 0 aliphatic heterocycles. The lowest BCUT2D eigenvalue weighted by atomic mass is 10.2. The third kappa shape index (κ3) is 3.25. The summed E-state index contributed by atoms with van der Waals surface area (Å²) >= 11 is 5.29. The standard InChI is InChI=1S/C10H14BrNS/c1-7(2)6-12-8(3)10-9(11)4-5-13-10/h4-5,8,12H,1,6H2,2-3H3. The summed E-state index contributed by atoms with van der Waals surface area (Å²) in [6, 6.07) is 2.48. The molecule has 0 saturated heterocycles. The maximum absolute atomic E-state index is 3.86. The minimum absolute atomic E-state index is 0.395. The number of halogens is 1. The van der Waals surface area contributed by atoms with Crippen LogP contribution in [-0.2, 0) is 0 Å². The number of hydrogen-bond acceptors (Lipinski definition) is 2. The lowest BCUT2D eigenvalue weighted by Crippen LogP contribution is -2.19. The van der Waals surface area contributed by atoms with Gasteiger partial charge in [0.2, 0.25) is 0 Å². The third-order valence-corrected chi connectivity index (χ3v) is 3.80. The van der Waals surface area contributed by atoms with Crippen molar-refractivity contribution in [3.8, 4) is 0 Å². The van der Waals surface area contributed by atoms with E-state index in [9.17, 15) is 0 Å². The summed E-state index contributed by atoms with van der Waals surface area (Å²) in [5, 5.41) is 5.50. The van der Waals surface area contributed by atoms with Crippen molar-refractivity contribution >= 4 is 27.3 Å². The Kier molecular flexibility index (Phi) is 4.16. The van der Waals surface area contributed by atoms with Crippen molar-refractivity contribution in [3.05, 3.63) is 32.9 Å². The third-order valence-electron chi connectivity index (χ3n) is 1.75. The highest BCUT2D eigenvalue weighted by Crippen LogP contribution is 2.28. The first-order valence-corrected chi connectivity index (χ1v) is 5.89. The van der Waals surface area contributed by atoms with Gasteiger partial charge in [0.15, 0.2) is 0 Å². The molecule has 1 heterocycles. The van der Waals surface area contributed by atoms with Crippen LogP contribution in [0.3, 0.4) is 0 Å². The zero-order valence-corrected chi connectivity index (χ0v) is 10.3. The molecule has 13 heavy (non-hydrogen) atoms. The Morgan fingerprint density at radius 1 is 1.77 bits per heavy atom. The largest absolute Gasteiger partial charge is 0.306 e. The van der Waals surface area contributed by atoms with Crippen LogP contribution in [0.5, 0.6) is 0 Å². The van der Waals surface area contributed by atoms with E-state index in [0.717, 1.165) is 6.54 Å². The van der Waals surface area contributed by atoms with E-state index >= 15 is 0 Å². The molecule has 0 radical (unpaired) electrons. The fraction of sp³-hybridized carbons (Fsp3) is 0.400. The van der Waals surface area contributed by atoms with Gasteiger partial charge in [-0.05, 0) is 41.2 Å². The van der Waals surface area contributed by atoms with Crippen LogP contribution < -0.4 is 5.32 Å². The molecule has 0 amide bonds. The number of thiophene rings is 1. The van der Waals surface area contributed by atoms with Crippen molar-refractivity contribution in [1.29, 1.82) is 0 Å². The zero-order valence-electron chi connectivity index (χ0n) is 7.93. The van der Waals surface area contributed by atoms with Gasteiger partial charge in [0.1, 0.15) is 0 Å². The van der Waals surface area contributed by atoms with Gasteiger partial charge in [0.05, 0.1) is 0 Å². The van der Waals surface area contributed by atoms with Crippen LogP contribution in [0.2, 0.25) is 0 Å². The predicted molar refractivity (Wildman–Crippen MR) is 63.3 cm³/mol. The van der Waals surface area contributed by atoms with E-state index in [-0.39, 0.29) is 0 Å². The second kappa shape index (κ2) is 4.94. The lowest BCUT2D eigenvalue weighted by molar-refractivity contribution is 0.615. The average Bonchev–Trinajstić information content (AvgIpc) is 2.47. The second-order valence-electron chi connectivity index (χ2n) is 3.19. The second-order valence-corrected chi connectivity index (χ2v) is 4.99. The number of hydrogen-bond donors (Lipinski definition) is 1. The van der Waals surface area contributed by atoms with Gasteiger partial charge in [0.25, 0.3) is 0 Å². The Morgan fingerprint density at radius 2 is 2.46 bits per heavy atom. The maximum atomic E-state index is 3.86. The number of rotatable bonds is 4. The Balaban J connectivity index is 2.53. The molecule has 0 aromatic carbocycles. The Hall–Kier alpha value is -0.120. The molecule has 72 valence electrons. The van der Waals surface area contributed by atoms with E-state index in [1.54, 1.807) is 11.3 Å². The molecule has 0 bridgehead atoms. The van der Waals surface area contributed by atoms with Gasteiger partial charge in [-0.3, -0.25) is 0 Å². The van der Waals surface area contributed by atoms with E-state index in [4.69, 9.17) is 0 Å². The van der Waals surface area contributed by atoms with Gasteiger partial charge in [0, 0.05) is 21.9 Å². The zero-order chi connectivity index (χ0) is 9.84. The summed E-state index contributed by atoms with van der Waals surface area (Å²) in [5.41, 5.74) is 1.17. The van der Waals surface area contributed by atoms with Crippen LogP contribution in [0, 0.1) is 0 Å². The Morgan fingerprint density at radius 3 is 2.92 bits per heavy atom. The van der Waals surface area contributed by atoms with Gasteiger partial charge in [-0.25, -0.2) is 0 Å². The van der Waals surface area contributed by atoms with Gasteiger partial charge in [-0.1, -0.05) is 12.2 Å². The lowest BCUT2D eigenvalue weighted by Gasteiger charge is -2.12. The van der Waals surface area contributed by atoms with Crippen molar-refractivity contribution in [2.45, 2.75) is 19.9 Å². The fourth-order valence-electron chi connectivity index (χ4n) is 1.03. The van der Waals surface area contributed by atoms with Crippen molar-refractivity contribution in [2.24, 2.45) is 0 Å². The highest BCUT2D eigenvalue weighted by molar-refractivity contribution is 9.10. The summed E-state index contributed by atoms with van der Waals surface area (Å²) in [7, 11) is 0. The van der Waals surface area contributed by atoms with E-state index in [0.29, 0.717) is 6.04 Å². The smallest absolute Gasteiger partial charge is 0.0400 e. The summed E-state index contributed by atoms with van der Waals surface area (Å²) in [6.45, 7) is 8.94. The molecule has 1 rings (SSSR count). The SMILES string of the molecule is C=C(C)CNC(C)c1sccc1Br. The van der Waals surface area contributed by atoms with Crippen LogP contribution in [-0.4, -0.2) is 6.54 Å². The number of nitrogens with one attached hydrogen (secondary N) is 1. The molecule has 0 aliphatic rings. The van der Waals surface area contributed by atoms with Crippen molar-refractivity contribution in [3.63, 3.8) is 0 Å². The van der Waals surface area contributed by atoms with Gasteiger partial charge < -0.3 is 5.32 Å². The van der Waals surface area contributed by atoms with E-state index in [2.05, 4.69) is 46.2 Å². The topological polar surface area (TPSA) is 12.0 Å². The van der Waals surface area contributed by atoms with Gasteiger partial charge >= 0.3 is 0 Å². The Labute approximate surface area is 92.0 Å². The summed E-state index contributed by atoms with van der Waals surface area (Å²) in [5.74, 6) is 0. The first kappa shape index (κ1) is 11.0. The quantitative estimate of drug-likeness (QED) is 0.813. The van der Waals surface area contributed by atoms with E-state index < -0.39 is 0 Å². The summed E-state index contributed by atoms with van der Waals surface area (Å²) < 4.78 is 1.19. The van der Waals surface area contributed by atoms with Gasteiger partial charge in [-0.2, -0.15) is 0 Å². The molecule has 1 nitrogen and oxygen atoms in total. The van der Waals surface area contributed by atoms with E-state index in [1.807, 2.05) is 6.92 Å². The minimum atomic E-state index is 0.395. The Bertz CT molecular complexity index is 293. The molecule has 1 N–H and O–H groups in total. The summed E-state index contributed by atoms with van der Waals surface area (Å²) in [6.07, 6.45) is 0. The molecule has 3 heteroatoms. The molecular formula is C10H14BrNS. The fourth-order valence-corrected chi connectivity index (χ4v) is 2.78. The van der Waals surface area contributed by atoms with Crippen molar-refractivity contribution in [1.82, 2.24) is 5.32 Å². The highest BCUT2D eigenvalue weighted by atomic mass is 79.9. The normalized spacial score (nSPS) is 12.8. The van der Waals surface area contributed by atoms with Crippen molar-refractivity contribution in [2.75, 3.05) is 6.54 Å². The molecule has 1 unspecified atom stereocenters. The highest BCUT2D eigenvalue weighted by Gasteiger charge is 2.09. The van der Waals surface area contributed by atoms with E-state index in [1.165, 1.54) is 14.9 Å². The first-order valence-electron chi connectivity index (χ1n) is 4.22.